The van der Waals surface area contributed by atoms with E-state index in [1.807, 2.05) is 28.8 Å². The predicted octanol–water partition coefficient (Wildman–Crippen LogP) is 2.62. The van der Waals surface area contributed by atoms with Gasteiger partial charge in [0.15, 0.2) is 0 Å². The van der Waals surface area contributed by atoms with Crippen LogP contribution in [-0.4, -0.2) is 9.55 Å². The first-order valence-corrected chi connectivity index (χ1v) is 6.06. The van der Waals surface area contributed by atoms with Crippen molar-refractivity contribution in [3.63, 3.8) is 0 Å². The van der Waals surface area contributed by atoms with Crippen LogP contribution in [0.1, 0.15) is 0 Å². The molecule has 5 heteroatoms. The molecule has 3 rings (SSSR count). The summed E-state index contributed by atoms with van der Waals surface area (Å²) >= 11 is 5.91. The number of nitrogens with zero attached hydrogens (tertiary/aromatic N) is 2. The molecule has 0 atom stereocenters. The highest BCUT2D eigenvalue weighted by molar-refractivity contribution is 6.33. The van der Waals surface area contributed by atoms with Gasteiger partial charge >= 0.3 is 0 Å². The number of fused-ring (bicyclic) bond motifs is 1. The molecule has 0 fully saturated rings. The van der Waals surface area contributed by atoms with Crippen molar-refractivity contribution < 1.29 is 0 Å². The largest absolute Gasteiger partial charge is 0.397 e. The van der Waals surface area contributed by atoms with E-state index >= 15 is 0 Å². The normalized spacial score (nSPS) is 10.8. The molecule has 94 valence electrons. The molecule has 19 heavy (non-hydrogen) atoms. The quantitative estimate of drug-likeness (QED) is 0.692. The third kappa shape index (κ3) is 1.96. The lowest BCUT2D eigenvalue weighted by atomic mass is 10.2. The minimum absolute atomic E-state index is 0.242. The van der Waals surface area contributed by atoms with E-state index < -0.39 is 0 Å². The molecule has 2 aromatic carbocycles. The van der Waals surface area contributed by atoms with Crippen LogP contribution in [0.2, 0.25) is 5.02 Å². The zero-order valence-electron chi connectivity index (χ0n) is 9.88. The topological polar surface area (TPSA) is 60.9 Å². The maximum Gasteiger partial charge on any atom is 0.280 e. The summed E-state index contributed by atoms with van der Waals surface area (Å²) in [7, 11) is 0. The molecule has 0 amide bonds. The Hall–Kier alpha value is -2.33. The van der Waals surface area contributed by atoms with Gasteiger partial charge < -0.3 is 10.3 Å². The SMILES string of the molecule is Nc1cc(-n2cnc(=O)c3ccccc32)ccc1Cl. The molecule has 0 spiro atoms. The van der Waals surface area contributed by atoms with Crippen LogP contribution in [0.5, 0.6) is 0 Å². The molecule has 0 aliphatic carbocycles. The van der Waals surface area contributed by atoms with Crippen molar-refractivity contribution in [2.75, 3.05) is 5.73 Å². The molecule has 0 bridgehead atoms. The highest BCUT2D eigenvalue weighted by atomic mass is 35.5. The fourth-order valence-corrected chi connectivity index (χ4v) is 2.11. The lowest BCUT2D eigenvalue weighted by molar-refractivity contribution is 1.02. The van der Waals surface area contributed by atoms with Gasteiger partial charge in [-0.15, -0.1) is 0 Å². The van der Waals surface area contributed by atoms with Crippen LogP contribution in [0.3, 0.4) is 0 Å². The summed E-state index contributed by atoms with van der Waals surface area (Å²) in [4.78, 5) is 15.6. The van der Waals surface area contributed by atoms with Gasteiger partial charge in [-0.2, -0.15) is 4.98 Å². The van der Waals surface area contributed by atoms with Crippen LogP contribution >= 0.6 is 11.6 Å². The second kappa shape index (κ2) is 4.40. The second-order valence-corrected chi connectivity index (χ2v) is 4.55. The van der Waals surface area contributed by atoms with Gasteiger partial charge in [-0.1, -0.05) is 23.7 Å². The van der Waals surface area contributed by atoms with Crippen LogP contribution < -0.4 is 11.3 Å². The monoisotopic (exact) mass is 271 g/mol. The van der Waals surface area contributed by atoms with Gasteiger partial charge in [0.05, 0.1) is 21.6 Å². The first-order valence-electron chi connectivity index (χ1n) is 5.68. The molecule has 3 aromatic rings. The molecule has 0 aliphatic rings. The molecule has 0 unspecified atom stereocenters. The first-order chi connectivity index (χ1) is 9.16. The van der Waals surface area contributed by atoms with Crippen molar-refractivity contribution in [3.05, 3.63) is 64.2 Å². The van der Waals surface area contributed by atoms with E-state index in [0.29, 0.717) is 16.1 Å². The molecular weight excluding hydrogens is 262 g/mol. The summed E-state index contributed by atoms with van der Waals surface area (Å²) in [6, 6.07) is 12.6. The summed E-state index contributed by atoms with van der Waals surface area (Å²) in [5, 5.41) is 1.07. The standard InChI is InChI=1S/C14H10ClN3O/c15-11-6-5-9(7-12(11)16)18-8-17-14(19)10-3-1-2-4-13(10)18/h1-8H,16H2. The highest BCUT2D eigenvalue weighted by Gasteiger charge is 2.06. The summed E-state index contributed by atoms with van der Waals surface area (Å²) in [5.41, 5.74) is 7.64. The van der Waals surface area contributed by atoms with Crippen molar-refractivity contribution in [1.82, 2.24) is 9.55 Å². The average molecular weight is 272 g/mol. The van der Waals surface area contributed by atoms with Crippen molar-refractivity contribution in [2.24, 2.45) is 0 Å². The van der Waals surface area contributed by atoms with Crippen LogP contribution in [-0.2, 0) is 0 Å². The molecule has 2 N–H and O–H groups in total. The van der Waals surface area contributed by atoms with Gasteiger partial charge in [0.2, 0.25) is 0 Å². The maximum absolute atomic E-state index is 11.7. The van der Waals surface area contributed by atoms with E-state index in [1.54, 1.807) is 18.2 Å². The molecule has 1 heterocycles. The fourth-order valence-electron chi connectivity index (χ4n) is 1.99. The molecule has 4 nitrogen and oxygen atoms in total. The summed E-state index contributed by atoms with van der Waals surface area (Å²) in [6.07, 6.45) is 1.49. The Kier molecular flexibility index (Phi) is 2.72. The zero-order chi connectivity index (χ0) is 13.4. The molecule has 0 aliphatic heterocycles. The molecule has 0 saturated heterocycles. The van der Waals surface area contributed by atoms with E-state index in [-0.39, 0.29) is 5.56 Å². The van der Waals surface area contributed by atoms with Crippen LogP contribution in [0, 0.1) is 0 Å². The van der Waals surface area contributed by atoms with Gasteiger partial charge in [0.25, 0.3) is 5.56 Å². The molecule has 0 saturated carbocycles. The van der Waals surface area contributed by atoms with Crippen LogP contribution in [0.15, 0.2) is 53.6 Å². The number of benzene rings is 2. The van der Waals surface area contributed by atoms with Gasteiger partial charge in [-0.3, -0.25) is 4.79 Å². The number of rotatable bonds is 1. The number of halogens is 1. The summed E-state index contributed by atoms with van der Waals surface area (Å²) < 4.78 is 1.81. The maximum atomic E-state index is 11.7. The van der Waals surface area contributed by atoms with E-state index in [4.69, 9.17) is 17.3 Å². The fraction of sp³-hybridized carbons (Fsp3) is 0. The van der Waals surface area contributed by atoms with Crippen molar-refractivity contribution in [1.29, 1.82) is 0 Å². The number of anilines is 1. The number of hydrogen-bond acceptors (Lipinski definition) is 3. The Labute approximate surface area is 114 Å². The van der Waals surface area contributed by atoms with E-state index in [2.05, 4.69) is 4.98 Å². The highest BCUT2D eigenvalue weighted by Crippen LogP contribution is 2.23. The number of para-hydroxylation sites is 1. The number of nitrogens with two attached hydrogens (primary N) is 1. The van der Waals surface area contributed by atoms with Crippen LogP contribution in [0.4, 0.5) is 5.69 Å². The Balaban J connectivity index is 2.34. The first kappa shape index (κ1) is 11.7. The van der Waals surface area contributed by atoms with Gasteiger partial charge in [-0.25, -0.2) is 0 Å². The van der Waals surface area contributed by atoms with Crippen LogP contribution in [0.25, 0.3) is 16.6 Å². The number of nitrogen functional groups attached to an aromatic ring is 1. The van der Waals surface area contributed by atoms with E-state index in [9.17, 15) is 4.79 Å². The van der Waals surface area contributed by atoms with E-state index in [1.165, 1.54) is 6.33 Å². The minimum atomic E-state index is -0.242. The lowest BCUT2D eigenvalue weighted by Crippen LogP contribution is -2.11. The predicted molar refractivity (Wildman–Crippen MR) is 76.8 cm³/mol. The van der Waals surface area contributed by atoms with Gasteiger partial charge in [0.1, 0.15) is 6.33 Å². The zero-order valence-corrected chi connectivity index (χ0v) is 10.6. The molecule has 1 aromatic heterocycles. The third-order valence-corrected chi connectivity index (χ3v) is 3.29. The van der Waals surface area contributed by atoms with Crippen molar-refractivity contribution in [2.45, 2.75) is 0 Å². The smallest absolute Gasteiger partial charge is 0.280 e. The van der Waals surface area contributed by atoms with Crippen molar-refractivity contribution in [3.8, 4) is 5.69 Å². The average Bonchev–Trinajstić information content (AvgIpc) is 2.43. The second-order valence-electron chi connectivity index (χ2n) is 4.14. The minimum Gasteiger partial charge on any atom is -0.397 e. The molecule has 0 radical (unpaired) electrons. The lowest BCUT2D eigenvalue weighted by Gasteiger charge is -2.10. The Morgan fingerprint density at radius 1 is 1.16 bits per heavy atom. The summed E-state index contributed by atoms with van der Waals surface area (Å²) in [5.74, 6) is 0. The number of aromatic nitrogens is 2. The Morgan fingerprint density at radius 3 is 2.74 bits per heavy atom. The Bertz CT molecular complexity index is 826. The summed E-state index contributed by atoms with van der Waals surface area (Å²) in [6.45, 7) is 0. The molecular formula is C14H10ClN3O. The van der Waals surface area contributed by atoms with E-state index in [0.717, 1.165) is 11.2 Å². The number of hydrogen-bond donors (Lipinski definition) is 1. The van der Waals surface area contributed by atoms with Gasteiger partial charge in [0, 0.05) is 5.69 Å². The van der Waals surface area contributed by atoms with Gasteiger partial charge in [-0.05, 0) is 30.3 Å². The third-order valence-electron chi connectivity index (χ3n) is 2.94. The van der Waals surface area contributed by atoms with Crippen molar-refractivity contribution >= 4 is 28.2 Å². The Morgan fingerprint density at radius 2 is 1.95 bits per heavy atom.